The number of nitrogens with one attached hydrogen (secondary N) is 1. The first-order valence-corrected chi connectivity index (χ1v) is 6.46. The SMILES string of the molecule is COc1c(C)cc2c(c1C1CNCCO1)CCO2. The van der Waals surface area contributed by atoms with Gasteiger partial charge in [0.1, 0.15) is 11.5 Å². The average Bonchev–Trinajstić information content (AvgIpc) is 2.85. The topological polar surface area (TPSA) is 39.7 Å². The Labute approximate surface area is 107 Å². The summed E-state index contributed by atoms with van der Waals surface area (Å²) in [6, 6.07) is 2.07. The summed E-state index contributed by atoms with van der Waals surface area (Å²) in [7, 11) is 1.73. The highest BCUT2D eigenvalue weighted by Gasteiger charge is 2.29. The molecule has 1 unspecified atom stereocenters. The van der Waals surface area contributed by atoms with Gasteiger partial charge in [0.05, 0.1) is 26.4 Å². The van der Waals surface area contributed by atoms with E-state index in [2.05, 4.69) is 18.3 Å². The van der Waals surface area contributed by atoms with Crippen LogP contribution in [0.4, 0.5) is 0 Å². The van der Waals surface area contributed by atoms with Gasteiger partial charge in [0.25, 0.3) is 0 Å². The molecule has 4 nitrogen and oxygen atoms in total. The smallest absolute Gasteiger partial charge is 0.128 e. The van der Waals surface area contributed by atoms with E-state index < -0.39 is 0 Å². The van der Waals surface area contributed by atoms with Crippen molar-refractivity contribution in [1.29, 1.82) is 0 Å². The van der Waals surface area contributed by atoms with Crippen LogP contribution in [-0.2, 0) is 11.2 Å². The quantitative estimate of drug-likeness (QED) is 0.864. The maximum Gasteiger partial charge on any atom is 0.128 e. The molecule has 1 aromatic rings. The highest BCUT2D eigenvalue weighted by atomic mass is 16.5. The van der Waals surface area contributed by atoms with Crippen molar-refractivity contribution in [2.75, 3.05) is 33.4 Å². The van der Waals surface area contributed by atoms with Gasteiger partial charge in [-0.2, -0.15) is 0 Å². The molecule has 2 heterocycles. The fourth-order valence-corrected chi connectivity index (χ4v) is 2.84. The zero-order valence-electron chi connectivity index (χ0n) is 10.9. The second kappa shape index (κ2) is 4.78. The van der Waals surface area contributed by atoms with E-state index in [-0.39, 0.29) is 6.10 Å². The largest absolute Gasteiger partial charge is 0.496 e. The summed E-state index contributed by atoms with van der Waals surface area (Å²) >= 11 is 0. The number of morpholine rings is 1. The molecule has 1 aromatic carbocycles. The summed E-state index contributed by atoms with van der Waals surface area (Å²) in [6.07, 6.45) is 1.02. The minimum Gasteiger partial charge on any atom is -0.496 e. The van der Waals surface area contributed by atoms with Gasteiger partial charge in [0.2, 0.25) is 0 Å². The number of benzene rings is 1. The first-order valence-electron chi connectivity index (χ1n) is 6.46. The minimum absolute atomic E-state index is 0.0732. The predicted molar refractivity (Wildman–Crippen MR) is 68.5 cm³/mol. The molecule has 1 saturated heterocycles. The molecule has 2 aliphatic rings. The molecule has 0 amide bonds. The van der Waals surface area contributed by atoms with Gasteiger partial charge in [0, 0.05) is 30.6 Å². The first-order chi connectivity index (χ1) is 8.81. The lowest BCUT2D eigenvalue weighted by atomic mass is 9.95. The standard InChI is InChI=1S/C14H19NO3/c1-9-7-11-10(3-5-17-11)13(14(9)16-2)12-8-15-4-6-18-12/h7,12,15H,3-6,8H2,1-2H3. The van der Waals surface area contributed by atoms with Gasteiger partial charge >= 0.3 is 0 Å². The number of ether oxygens (including phenoxy) is 3. The predicted octanol–water partition coefficient (Wildman–Crippen LogP) is 1.60. The lowest BCUT2D eigenvalue weighted by molar-refractivity contribution is 0.0257. The van der Waals surface area contributed by atoms with Crippen molar-refractivity contribution >= 4 is 0 Å². The molecule has 0 radical (unpaired) electrons. The summed E-state index contributed by atoms with van der Waals surface area (Å²) < 4.78 is 17.2. The summed E-state index contributed by atoms with van der Waals surface area (Å²) in [6.45, 7) is 5.32. The molecule has 0 aromatic heterocycles. The van der Waals surface area contributed by atoms with Crippen LogP contribution >= 0.6 is 0 Å². The van der Waals surface area contributed by atoms with Crippen molar-refractivity contribution in [3.05, 3.63) is 22.8 Å². The Morgan fingerprint density at radius 2 is 2.28 bits per heavy atom. The molecule has 0 aliphatic carbocycles. The van der Waals surface area contributed by atoms with Crippen molar-refractivity contribution in [3.63, 3.8) is 0 Å². The second-order valence-corrected chi connectivity index (χ2v) is 4.78. The highest BCUT2D eigenvalue weighted by molar-refractivity contribution is 5.56. The van der Waals surface area contributed by atoms with E-state index in [0.717, 1.165) is 49.8 Å². The molecule has 0 saturated carbocycles. The monoisotopic (exact) mass is 249 g/mol. The molecule has 4 heteroatoms. The van der Waals surface area contributed by atoms with Crippen LogP contribution in [-0.4, -0.2) is 33.4 Å². The molecule has 1 N–H and O–H groups in total. The van der Waals surface area contributed by atoms with Crippen molar-refractivity contribution in [1.82, 2.24) is 5.32 Å². The molecular formula is C14H19NO3. The third-order valence-electron chi connectivity index (χ3n) is 3.64. The van der Waals surface area contributed by atoms with Gasteiger partial charge in [-0.05, 0) is 18.6 Å². The summed E-state index contributed by atoms with van der Waals surface area (Å²) in [4.78, 5) is 0. The van der Waals surface area contributed by atoms with Crippen LogP contribution in [0.25, 0.3) is 0 Å². The third-order valence-corrected chi connectivity index (χ3v) is 3.64. The molecule has 3 rings (SSSR count). The fraction of sp³-hybridized carbons (Fsp3) is 0.571. The molecule has 18 heavy (non-hydrogen) atoms. The fourth-order valence-electron chi connectivity index (χ4n) is 2.84. The van der Waals surface area contributed by atoms with Crippen LogP contribution in [0.3, 0.4) is 0 Å². The molecular weight excluding hydrogens is 230 g/mol. The first kappa shape index (κ1) is 11.8. The van der Waals surface area contributed by atoms with E-state index >= 15 is 0 Å². The van der Waals surface area contributed by atoms with Gasteiger partial charge in [-0.1, -0.05) is 0 Å². The molecule has 1 atom stereocenters. The van der Waals surface area contributed by atoms with Gasteiger partial charge in [0.15, 0.2) is 0 Å². The Balaban J connectivity index is 2.09. The van der Waals surface area contributed by atoms with E-state index in [1.54, 1.807) is 7.11 Å². The number of methoxy groups -OCH3 is 1. The lowest BCUT2D eigenvalue weighted by Gasteiger charge is -2.27. The van der Waals surface area contributed by atoms with Crippen molar-refractivity contribution in [2.45, 2.75) is 19.4 Å². The van der Waals surface area contributed by atoms with Crippen molar-refractivity contribution in [3.8, 4) is 11.5 Å². The zero-order chi connectivity index (χ0) is 12.5. The van der Waals surface area contributed by atoms with E-state index in [1.165, 1.54) is 11.1 Å². The number of rotatable bonds is 2. The van der Waals surface area contributed by atoms with E-state index in [0.29, 0.717) is 0 Å². The Hall–Kier alpha value is -1.26. The number of hydrogen-bond acceptors (Lipinski definition) is 4. The maximum atomic E-state index is 5.89. The Kier molecular flexibility index (Phi) is 3.14. The lowest BCUT2D eigenvalue weighted by Crippen LogP contribution is -2.34. The maximum absolute atomic E-state index is 5.89. The van der Waals surface area contributed by atoms with Crippen LogP contribution in [0.2, 0.25) is 0 Å². The van der Waals surface area contributed by atoms with Gasteiger partial charge in [-0.3, -0.25) is 0 Å². The van der Waals surface area contributed by atoms with E-state index in [4.69, 9.17) is 14.2 Å². The van der Waals surface area contributed by atoms with Crippen LogP contribution < -0.4 is 14.8 Å². The summed E-state index contributed by atoms with van der Waals surface area (Å²) in [5.74, 6) is 1.95. The van der Waals surface area contributed by atoms with E-state index in [9.17, 15) is 0 Å². The molecule has 98 valence electrons. The van der Waals surface area contributed by atoms with Crippen LogP contribution in [0.5, 0.6) is 11.5 Å². The van der Waals surface area contributed by atoms with Gasteiger partial charge in [-0.15, -0.1) is 0 Å². The van der Waals surface area contributed by atoms with Crippen LogP contribution in [0.1, 0.15) is 22.8 Å². The molecule has 1 fully saturated rings. The van der Waals surface area contributed by atoms with E-state index in [1.807, 2.05) is 0 Å². The average molecular weight is 249 g/mol. The van der Waals surface area contributed by atoms with Gasteiger partial charge in [-0.25, -0.2) is 0 Å². The normalized spacial score (nSPS) is 22.4. The Morgan fingerprint density at radius 3 is 3.00 bits per heavy atom. The molecule has 2 aliphatic heterocycles. The van der Waals surface area contributed by atoms with Gasteiger partial charge < -0.3 is 19.5 Å². The van der Waals surface area contributed by atoms with Crippen LogP contribution in [0.15, 0.2) is 6.07 Å². The van der Waals surface area contributed by atoms with Crippen molar-refractivity contribution < 1.29 is 14.2 Å². The Bertz CT molecular complexity index is 449. The zero-order valence-corrected chi connectivity index (χ0v) is 10.9. The number of fused-ring (bicyclic) bond motifs is 1. The Morgan fingerprint density at radius 1 is 1.39 bits per heavy atom. The molecule has 0 spiro atoms. The summed E-state index contributed by atoms with van der Waals surface area (Å²) in [5, 5.41) is 3.37. The van der Waals surface area contributed by atoms with Crippen LogP contribution in [0, 0.1) is 6.92 Å². The minimum atomic E-state index is 0.0732. The second-order valence-electron chi connectivity index (χ2n) is 4.78. The molecule has 0 bridgehead atoms. The summed E-state index contributed by atoms with van der Waals surface area (Å²) in [5.41, 5.74) is 3.55. The third kappa shape index (κ3) is 1.85. The highest BCUT2D eigenvalue weighted by Crippen LogP contribution is 2.42. The number of hydrogen-bond donors (Lipinski definition) is 1. The van der Waals surface area contributed by atoms with Crippen molar-refractivity contribution in [2.24, 2.45) is 0 Å². The number of aryl methyl sites for hydroxylation is 1.